The number of benzene rings is 2. The molecule has 2 aromatic rings. The highest BCUT2D eigenvalue weighted by Crippen LogP contribution is 2.28. The Morgan fingerprint density at radius 3 is 2.52 bits per heavy atom. The second-order valence-corrected chi connectivity index (χ2v) is 6.73. The minimum absolute atomic E-state index is 0.0654. The lowest BCUT2D eigenvalue weighted by atomic mass is 10.2. The van der Waals surface area contributed by atoms with Crippen LogP contribution in [0, 0.1) is 17.0 Å². The maximum Gasteiger partial charge on any atom is 0.270 e. The Morgan fingerprint density at radius 1 is 1.22 bits per heavy atom. The van der Waals surface area contributed by atoms with Gasteiger partial charge in [-0.1, -0.05) is 30.3 Å². The average Bonchev–Trinajstić information content (AvgIpc) is 2.53. The molecule has 0 spiro atoms. The van der Waals surface area contributed by atoms with Gasteiger partial charge >= 0.3 is 0 Å². The Balaban J connectivity index is 2.58. The van der Waals surface area contributed by atoms with Gasteiger partial charge in [-0.05, 0) is 24.6 Å². The van der Waals surface area contributed by atoms with Crippen molar-refractivity contribution in [1.82, 2.24) is 0 Å². The van der Waals surface area contributed by atoms with E-state index in [1.807, 2.05) is 6.07 Å². The highest BCUT2D eigenvalue weighted by molar-refractivity contribution is 7.92. The zero-order chi connectivity index (χ0) is 17.0. The first kappa shape index (κ1) is 16.7. The topological polar surface area (TPSA) is 80.5 Å². The van der Waals surface area contributed by atoms with E-state index in [9.17, 15) is 18.5 Å². The first-order valence-electron chi connectivity index (χ1n) is 6.81. The number of aryl methyl sites for hydroxylation is 1. The van der Waals surface area contributed by atoms with Gasteiger partial charge in [-0.15, -0.1) is 6.58 Å². The van der Waals surface area contributed by atoms with Crippen LogP contribution in [0.3, 0.4) is 0 Å². The van der Waals surface area contributed by atoms with Crippen molar-refractivity contribution in [2.24, 2.45) is 0 Å². The number of hydrogen-bond donors (Lipinski definition) is 0. The minimum Gasteiger partial charge on any atom is -0.262 e. The van der Waals surface area contributed by atoms with E-state index in [0.29, 0.717) is 5.69 Å². The van der Waals surface area contributed by atoms with Gasteiger partial charge in [0.2, 0.25) is 0 Å². The van der Waals surface area contributed by atoms with E-state index in [0.717, 1.165) is 11.6 Å². The monoisotopic (exact) mass is 332 g/mol. The van der Waals surface area contributed by atoms with E-state index < -0.39 is 14.9 Å². The molecule has 0 aliphatic heterocycles. The molecule has 6 nitrogen and oxygen atoms in total. The Labute approximate surface area is 134 Å². The Kier molecular flexibility index (Phi) is 4.80. The third kappa shape index (κ3) is 3.40. The van der Waals surface area contributed by atoms with E-state index in [4.69, 9.17) is 0 Å². The summed E-state index contributed by atoms with van der Waals surface area (Å²) in [5, 5.41) is 10.9. The van der Waals surface area contributed by atoms with Crippen molar-refractivity contribution in [2.45, 2.75) is 11.8 Å². The summed E-state index contributed by atoms with van der Waals surface area (Å²) in [6.45, 7) is 5.46. The van der Waals surface area contributed by atoms with Gasteiger partial charge in [-0.3, -0.25) is 14.4 Å². The zero-order valence-corrected chi connectivity index (χ0v) is 13.4. The van der Waals surface area contributed by atoms with Crippen LogP contribution < -0.4 is 4.31 Å². The summed E-state index contributed by atoms with van der Waals surface area (Å²) in [4.78, 5) is 10.1. The summed E-state index contributed by atoms with van der Waals surface area (Å²) >= 11 is 0. The molecule has 0 unspecified atom stereocenters. The van der Waals surface area contributed by atoms with Gasteiger partial charge in [0.15, 0.2) is 0 Å². The van der Waals surface area contributed by atoms with E-state index in [1.165, 1.54) is 28.6 Å². The van der Waals surface area contributed by atoms with Crippen LogP contribution in [0.2, 0.25) is 0 Å². The first-order chi connectivity index (χ1) is 10.9. The molecule has 7 heteroatoms. The quantitative estimate of drug-likeness (QED) is 0.462. The predicted octanol–water partition coefficient (Wildman–Crippen LogP) is 3.28. The van der Waals surface area contributed by atoms with Crippen molar-refractivity contribution in [3.63, 3.8) is 0 Å². The van der Waals surface area contributed by atoms with Crippen molar-refractivity contribution in [2.75, 3.05) is 10.8 Å². The molecule has 0 heterocycles. The molecule has 0 N–H and O–H groups in total. The lowest BCUT2D eigenvalue weighted by Crippen LogP contribution is -2.31. The molecule has 0 atom stereocenters. The first-order valence-corrected chi connectivity index (χ1v) is 8.25. The van der Waals surface area contributed by atoms with Gasteiger partial charge in [0, 0.05) is 12.1 Å². The van der Waals surface area contributed by atoms with Crippen molar-refractivity contribution in [3.8, 4) is 0 Å². The molecule has 0 saturated heterocycles. The maximum absolute atomic E-state index is 12.9. The third-order valence-corrected chi connectivity index (χ3v) is 5.07. The number of rotatable bonds is 6. The van der Waals surface area contributed by atoms with Crippen LogP contribution in [0.1, 0.15) is 5.56 Å². The average molecular weight is 332 g/mol. The summed E-state index contributed by atoms with van der Waals surface area (Å²) in [5.41, 5.74) is 1.02. The summed E-state index contributed by atoms with van der Waals surface area (Å²) in [5.74, 6) is 0. The van der Waals surface area contributed by atoms with Crippen LogP contribution in [0.5, 0.6) is 0 Å². The number of sulfonamides is 1. The molecule has 0 bridgehead atoms. The fourth-order valence-corrected chi connectivity index (χ4v) is 3.71. The molecule has 2 rings (SSSR count). The molecule has 0 radical (unpaired) electrons. The number of hydrogen-bond acceptors (Lipinski definition) is 4. The van der Waals surface area contributed by atoms with Crippen molar-refractivity contribution in [1.29, 1.82) is 0 Å². The predicted molar refractivity (Wildman–Crippen MR) is 89.0 cm³/mol. The molecule has 2 aromatic carbocycles. The summed E-state index contributed by atoms with van der Waals surface area (Å²) in [6.07, 6.45) is 1.47. The second-order valence-electron chi connectivity index (χ2n) is 4.87. The molecule has 0 aliphatic rings. The van der Waals surface area contributed by atoms with Gasteiger partial charge in [-0.25, -0.2) is 8.42 Å². The van der Waals surface area contributed by atoms with Crippen LogP contribution in [-0.2, 0) is 10.0 Å². The van der Waals surface area contributed by atoms with Crippen molar-refractivity contribution in [3.05, 3.63) is 76.9 Å². The smallest absolute Gasteiger partial charge is 0.262 e. The number of para-hydroxylation sites is 1. The Morgan fingerprint density at radius 2 is 1.91 bits per heavy atom. The number of nitrogens with zero attached hydrogens (tertiary/aromatic N) is 2. The molecular weight excluding hydrogens is 316 g/mol. The fourth-order valence-electron chi connectivity index (χ4n) is 2.17. The van der Waals surface area contributed by atoms with Crippen LogP contribution in [0.25, 0.3) is 0 Å². The zero-order valence-electron chi connectivity index (χ0n) is 12.5. The van der Waals surface area contributed by atoms with E-state index in [-0.39, 0.29) is 17.1 Å². The SMILES string of the molecule is C=CCN(c1ccccc1C)S(=O)(=O)c1cccc([N+](=O)[O-])c1. The normalized spacial score (nSPS) is 11.0. The molecule has 0 aromatic heterocycles. The molecule has 120 valence electrons. The molecule has 23 heavy (non-hydrogen) atoms. The molecule has 0 aliphatic carbocycles. The number of non-ortho nitro benzene ring substituents is 1. The van der Waals surface area contributed by atoms with Crippen LogP contribution >= 0.6 is 0 Å². The van der Waals surface area contributed by atoms with Gasteiger partial charge in [0.1, 0.15) is 0 Å². The number of nitro groups is 1. The van der Waals surface area contributed by atoms with E-state index >= 15 is 0 Å². The lowest BCUT2D eigenvalue weighted by Gasteiger charge is -2.24. The standard InChI is InChI=1S/C16H16N2O4S/c1-3-11-17(16-10-5-4-7-13(16)2)23(21,22)15-9-6-8-14(12-15)18(19)20/h3-10,12H,1,11H2,2H3. The summed E-state index contributed by atoms with van der Waals surface area (Å²) < 4.78 is 27.0. The van der Waals surface area contributed by atoms with Gasteiger partial charge in [0.25, 0.3) is 15.7 Å². The van der Waals surface area contributed by atoms with Crippen LogP contribution in [0.4, 0.5) is 11.4 Å². The number of anilines is 1. The molecule has 0 amide bonds. The Hall–Kier alpha value is -2.67. The largest absolute Gasteiger partial charge is 0.270 e. The van der Waals surface area contributed by atoms with Gasteiger partial charge in [0.05, 0.1) is 22.1 Å². The maximum atomic E-state index is 12.9. The minimum atomic E-state index is -3.94. The van der Waals surface area contributed by atoms with E-state index in [1.54, 1.807) is 25.1 Å². The van der Waals surface area contributed by atoms with Gasteiger partial charge in [-0.2, -0.15) is 0 Å². The van der Waals surface area contributed by atoms with Crippen LogP contribution in [-0.4, -0.2) is 19.9 Å². The van der Waals surface area contributed by atoms with Crippen LogP contribution in [0.15, 0.2) is 66.1 Å². The Bertz CT molecular complexity index is 847. The molecular formula is C16H16N2O4S. The fraction of sp³-hybridized carbons (Fsp3) is 0.125. The number of nitro benzene ring substituents is 1. The third-order valence-electron chi connectivity index (χ3n) is 3.30. The second kappa shape index (κ2) is 6.62. The van der Waals surface area contributed by atoms with Gasteiger partial charge < -0.3 is 0 Å². The summed E-state index contributed by atoms with van der Waals surface area (Å²) in [6, 6.07) is 12.0. The molecule has 0 fully saturated rings. The lowest BCUT2D eigenvalue weighted by molar-refractivity contribution is -0.385. The summed E-state index contributed by atoms with van der Waals surface area (Å²) in [7, 11) is -3.94. The van der Waals surface area contributed by atoms with Crippen molar-refractivity contribution >= 4 is 21.4 Å². The highest BCUT2D eigenvalue weighted by atomic mass is 32.2. The molecule has 0 saturated carbocycles. The van der Waals surface area contributed by atoms with E-state index in [2.05, 4.69) is 6.58 Å². The highest BCUT2D eigenvalue weighted by Gasteiger charge is 2.26. The van der Waals surface area contributed by atoms with Crippen molar-refractivity contribution < 1.29 is 13.3 Å².